The summed E-state index contributed by atoms with van der Waals surface area (Å²) in [6, 6.07) is 14.6. The van der Waals surface area contributed by atoms with Crippen LogP contribution in [0.15, 0.2) is 54.6 Å². The van der Waals surface area contributed by atoms with E-state index in [1.165, 1.54) is 29.2 Å². The second kappa shape index (κ2) is 7.92. The van der Waals surface area contributed by atoms with Crippen molar-refractivity contribution in [3.05, 3.63) is 71.5 Å². The number of amides is 1. The van der Waals surface area contributed by atoms with Gasteiger partial charge in [0.05, 0.1) is 6.54 Å². The first-order chi connectivity index (χ1) is 11.8. The molecule has 25 heavy (non-hydrogen) atoms. The Labute approximate surface area is 147 Å². The van der Waals surface area contributed by atoms with Crippen LogP contribution in [0.4, 0.5) is 9.18 Å². The molecule has 2 rings (SSSR count). The van der Waals surface area contributed by atoms with Gasteiger partial charge in [0.1, 0.15) is 12.4 Å². The molecular formula is C20H22FNO3. The van der Waals surface area contributed by atoms with Crippen LogP contribution in [0.5, 0.6) is 0 Å². The second-order valence-corrected chi connectivity index (χ2v) is 6.73. The van der Waals surface area contributed by atoms with E-state index in [1.54, 1.807) is 0 Å². The SMILES string of the molecule is CC(C)(C)N(CC(=O)c1ccc(F)cc1)C(=O)OCc1ccccc1. The number of rotatable bonds is 5. The molecule has 0 radical (unpaired) electrons. The number of hydrogen-bond acceptors (Lipinski definition) is 3. The molecule has 0 saturated heterocycles. The number of carbonyl (C=O) groups excluding carboxylic acids is 2. The zero-order chi connectivity index (χ0) is 18.4. The van der Waals surface area contributed by atoms with E-state index in [0.717, 1.165) is 5.56 Å². The summed E-state index contributed by atoms with van der Waals surface area (Å²) in [6.45, 7) is 5.48. The van der Waals surface area contributed by atoms with Gasteiger partial charge in [0.25, 0.3) is 0 Å². The number of Topliss-reactive ketones (excluding diaryl/α,β-unsaturated/α-hetero) is 1. The molecule has 0 fully saturated rings. The minimum absolute atomic E-state index is 0.136. The normalized spacial score (nSPS) is 11.0. The van der Waals surface area contributed by atoms with Gasteiger partial charge in [-0.25, -0.2) is 9.18 Å². The number of ether oxygens (including phenoxy) is 1. The summed E-state index contributed by atoms with van der Waals surface area (Å²) in [5.74, 6) is -0.682. The molecule has 0 aliphatic heterocycles. The lowest BCUT2D eigenvalue weighted by atomic mass is 10.0. The number of halogens is 1. The number of hydrogen-bond donors (Lipinski definition) is 0. The molecule has 0 saturated carbocycles. The summed E-state index contributed by atoms with van der Waals surface area (Å²) in [7, 11) is 0. The Kier molecular flexibility index (Phi) is 5.91. The van der Waals surface area contributed by atoms with Crippen LogP contribution >= 0.6 is 0 Å². The maximum atomic E-state index is 13.0. The van der Waals surface area contributed by atoms with Gasteiger partial charge in [0.2, 0.25) is 0 Å². The van der Waals surface area contributed by atoms with Crippen molar-refractivity contribution in [2.24, 2.45) is 0 Å². The molecule has 0 heterocycles. The van der Waals surface area contributed by atoms with E-state index in [0.29, 0.717) is 5.56 Å². The van der Waals surface area contributed by atoms with Crippen molar-refractivity contribution in [3.63, 3.8) is 0 Å². The van der Waals surface area contributed by atoms with E-state index >= 15 is 0 Å². The number of nitrogens with zero attached hydrogens (tertiary/aromatic N) is 1. The summed E-state index contributed by atoms with van der Waals surface area (Å²) in [6.07, 6.45) is -0.563. The summed E-state index contributed by atoms with van der Waals surface area (Å²) in [5.41, 5.74) is 0.629. The summed E-state index contributed by atoms with van der Waals surface area (Å²) in [4.78, 5) is 26.3. The van der Waals surface area contributed by atoms with Gasteiger partial charge in [-0.1, -0.05) is 30.3 Å². The van der Waals surface area contributed by atoms with Crippen molar-refractivity contribution in [2.75, 3.05) is 6.54 Å². The molecule has 2 aromatic carbocycles. The molecule has 2 aromatic rings. The third-order valence-corrected chi connectivity index (χ3v) is 3.70. The van der Waals surface area contributed by atoms with E-state index in [1.807, 2.05) is 51.1 Å². The van der Waals surface area contributed by atoms with Crippen LogP contribution in [-0.2, 0) is 11.3 Å². The molecule has 132 valence electrons. The molecule has 0 aromatic heterocycles. The smallest absolute Gasteiger partial charge is 0.410 e. The van der Waals surface area contributed by atoms with Crippen LogP contribution in [0.25, 0.3) is 0 Å². The molecule has 0 atom stereocenters. The van der Waals surface area contributed by atoms with Crippen LogP contribution in [0.3, 0.4) is 0 Å². The molecule has 1 amide bonds. The van der Waals surface area contributed by atoms with Gasteiger partial charge in [0.15, 0.2) is 5.78 Å². The number of carbonyl (C=O) groups is 2. The maximum Gasteiger partial charge on any atom is 0.410 e. The highest BCUT2D eigenvalue weighted by molar-refractivity contribution is 5.99. The first-order valence-corrected chi connectivity index (χ1v) is 8.04. The molecule has 0 spiro atoms. The van der Waals surface area contributed by atoms with Crippen LogP contribution in [-0.4, -0.2) is 28.9 Å². The van der Waals surface area contributed by atoms with Gasteiger partial charge < -0.3 is 4.74 Å². The lowest BCUT2D eigenvalue weighted by Crippen LogP contribution is -2.48. The zero-order valence-electron chi connectivity index (χ0n) is 14.7. The van der Waals surface area contributed by atoms with Crippen molar-refractivity contribution in [1.29, 1.82) is 0 Å². The van der Waals surface area contributed by atoms with Gasteiger partial charge in [-0.15, -0.1) is 0 Å². The third kappa shape index (κ3) is 5.41. The Hall–Kier alpha value is -2.69. The fourth-order valence-electron chi connectivity index (χ4n) is 2.24. The lowest BCUT2D eigenvalue weighted by molar-refractivity contribution is 0.0566. The van der Waals surface area contributed by atoms with E-state index in [4.69, 9.17) is 4.74 Å². The molecule has 0 N–H and O–H groups in total. The Morgan fingerprint density at radius 3 is 2.16 bits per heavy atom. The highest BCUT2D eigenvalue weighted by Gasteiger charge is 2.30. The van der Waals surface area contributed by atoms with Crippen molar-refractivity contribution in [2.45, 2.75) is 32.9 Å². The van der Waals surface area contributed by atoms with E-state index in [9.17, 15) is 14.0 Å². The Balaban J connectivity index is 2.06. The van der Waals surface area contributed by atoms with Gasteiger partial charge in [0, 0.05) is 11.1 Å². The summed E-state index contributed by atoms with van der Waals surface area (Å²) < 4.78 is 18.3. The monoisotopic (exact) mass is 343 g/mol. The second-order valence-electron chi connectivity index (χ2n) is 6.73. The van der Waals surface area contributed by atoms with E-state index in [2.05, 4.69) is 0 Å². The van der Waals surface area contributed by atoms with E-state index in [-0.39, 0.29) is 18.9 Å². The van der Waals surface area contributed by atoms with Crippen molar-refractivity contribution in [1.82, 2.24) is 4.90 Å². The van der Waals surface area contributed by atoms with Crippen molar-refractivity contribution < 1.29 is 18.7 Å². The zero-order valence-corrected chi connectivity index (χ0v) is 14.7. The minimum Gasteiger partial charge on any atom is -0.445 e. The average Bonchev–Trinajstić information content (AvgIpc) is 2.58. The maximum absolute atomic E-state index is 13.0. The molecule has 0 aliphatic carbocycles. The first-order valence-electron chi connectivity index (χ1n) is 8.04. The van der Waals surface area contributed by atoms with Gasteiger partial charge in [-0.2, -0.15) is 0 Å². The van der Waals surface area contributed by atoms with Crippen LogP contribution < -0.4 is 0 Å². The fourth-order valence-corrected chi connectivity index (χ4v) is 2.24. The highest BCUT2D eigenvalue weighted by Crippen LogP contribution is 2.17. The highest BCUT2D eigenvalue weighted by atomic mass is 19.1. The molecular weight excluding hydrogens is 321 g/mol. The van der Waals surface area contributed by atoms with Crippen molar-refractivity contribution >= 4 is 11.9 Å². The molecule has 0 unspecified atom stereocenters. The Morgan fingerprint density at radius 2 is 1.60 bits per heavy atom. The Morgan fingerprint density at radius 1 is 1.00 bits per heavy atom. The summed E-state index contributed by atoms with van der Waals surface area (Å²) in [5, 5.41) is 0. The number of benzene rings is 2. The van der Waals surface area contributed by atoms with Gasteiger partial charge in [-0.05, 0) is 50.6 Å². The van der Waals surface area contributed by atoms with E-state index < -0.39 is 17.4 Å². The van der Waals surface area contributed by atoms with Gasteiger partial charge >= 0.3 is 6.09 Å². The molecule has 0 aliphatic rings. The standard InChI is InChI=1S/C20H22FNO3/c1-20(2,3)22(13-18(23)16-9-11-17(21)12-10-16)19(24)25-14-15-7-5-4-6-8-15/h4-12H,13-14H2,1-3H3. The number of ketones is 1. The van der Waals surface area contributed by atoms with Crippen LogP contribution in [0, 0.1) is 5.82 Å². The van der Waals surface area contributed by atoms with Crippen molar-refractivity contribution in [3.8, 4) is 0 Å². The predicted molar refractivity (Wildman–Crippen MR) is 93.8 cm³/mol. The molecule has 0 bridgehead atoms. The topological polar surface area (TPSA) is 46.6 Å². The Bertz CT molecular complexity index is 721. The fraction of sp³-hybridized carbons (Fsp3) is 0.300. The molecule has 4 nitrogen and oxygen atoms in total. The van der Waals surface area contributed by atoms with Crippen LogP contribution in [0.2, 0.25) is 0 Å². The quantitative estimate of drug-likeness (QED) is 0.754. The first kappa shape index (κ1) is 18.6. The molecule has 5 heteroatoms. The van der Waals surface area contributed by atoms with Gasteiger partial charge in [-0.3, -0.25) is 9.69 Å². The summed E-state index contributed by atoms with van der Waals surface area (Å²) >= 11 is 0. The average molecular weight is 343 g/mol. The third-order valence-electron chi connectivity index (χ3n) is 3.70. The van der Waals surface area contributed by atoms with Crippen LogP contribution in [0.1, 0.15) is 36.7 Å². The lowest BCUT2D eigenvalue weighted by Gasteiger charge is -2.34. The predicted octanol–water partition coefficient (Wildman–Crippen LogP) is 4.45. The largest absolute Gasteiger partial charge is 0.445 e. The minimum atomic E-state index is -0.594.